The first-order valence-corrected chi connectivity index (χ1v) is 10.9. The third-order valence-electron chi connectivity index (χ3n) is 5.23. The summed E-state index contributed by atoms with van der Waals surface area (Å²) in [4.78, 5) is 9.45. The van der Waals surface area contributed by atoms with Gasteiger partial charge in [0.15, 0.2) is 5.96 Å². The fourth-order valence-corrected chi connectivity index (χ4v) is 3.79. The highest BCUT2D eigenvalue weighted by Gasteiger charge is 2.24. The predicted octanol–water partition coefficient (Wildman–Crippen LogP) is 4.28. The van der Waals surface area contributed by atoms with Crippen LogP contribution in [0.2, 0.25) is 0 Å². The van der Waals surface area contributed by atoms with Crippen LogP contribution >= 0.6 is 0 Å². The molecule has 0 bridgehead atoms. The number of ether oxygens (including phenoxy) is 1. The Morgan fingerprint density at radius 3 is 2.90 bits per heavy atom. The van der Waals surface area contributed by atoms with Gasteiger partial charge in [0.05, 0.1) is 12.6 Å². The Morgan fingerprint density at radius 1 is 1.19 bits per heavy atom. The van der Waals surface area contributed by atoms with Crippen molar-refractivity contribution < 1.29 is 4.74 Å². The lowest BCUT2D eigenvalue weighted by molar-refractivity contribution is 0.397. The molecule has 1 aromatic heterocycles. The highest BCUT2D eigenvalue weighted by Crippen LogP contribution is 2.27. The molecule has 0 radical (unpaired) electrons. The number of aryl methyl sites for hydroxylation is 3. The van der Waals surface area contributed by atoms with E-state index in [2.05, 4.69) is 46.7 Å². The number of benzene rings is 2. The summed E-state index contributed by atoms with van der Waals surface area (Å²) >= 11 is 0. The molecule has 162 valence electrons. The molecule has 1 aliphatic heterocycles. The SMILES string of the molecule is CCNC(=NCc1ccccc1Oc1cccc(C)c1)NC1CCCn2nc(C)nc21. The Bertz CT molecular complexity index is 1060. The van der Waals surface area contributed by atoms with Crippen LogP contribution in [0.3, 0.4) is 0 Å². The third-order valence-corrected chi connectivity index (χ3v) is 5.23. The van der Waals surface area contributed by atoms with Crippen molar-refractivity contribution in [1.29, 1.82) is 0 Å². The van der Waals surface area contributed by atoms with Crippen LogP contribution in [-0.4, -0.2) is 27.3 Å². The number of aromatic nitrogens is 3. The van der Waals surface area contributed by atoms with Gasteiger partial charge < -0.3 is 15.4 Å². The van der Waals surface area contributed by atoms with Gasteiger partial charge in [-0.3, -0.25) is 0 Å². The molecule has 2 heterocycles. The Hall–Kier alpha value is -3.35. The Balaban J connectivity index is 1.51. The van der Waals surface area contributed by atoms with Crippen molar-refractivity contribution >= 4 is 5.96 Å². The topological polar surface area (TPSA) is 76.4 Å². The number of nitrogens with zero attached hydrogens (tertiary/aromatic N) is 4. The highest BCUT2D eigenvalue weighted by atomic mass is 16.5. The summed E-state index contributed by atoms with van der Waals surface area (Å²) in [6, 6.07) is 16.2. The molecule has 2 aromatic carbocycles. The average molecular weight is 419 g/mol. The summed E-state index contributed by atoms with van der Waals surface area (Å²) < 4.78 is 8.16. The summed E-state index contributed by atoms with van der Waals surface area (Å²) in [6.45, 7) is 8.28. The first-order valence-electron chi connectivity index (χ1n) is 10.9. The number of para-hydroxylation sites is 1. The van der Waals surface area contributed by atoms with Crippen molar-refractivity contribution in [1.82, 2.24) is 25.4 Å². The summed E-state index contributed by atoms with van der Waals surface area (Å²) in [5, 5.41) is 11.4. The monoisotopic (exact) mass is 418 g/mol. The van der Waals surface area contributed by atoms with Crippen LogP contribution < -0.4 is 15.4 Å². The Morgan fingerprint density at radius 2 is 2.06 bits per heavy atom. The van der Waals surface area contributed by atoms with Crippen molar-refractivity contribution in [2.75, 3.05) is 6.54 Å². The smallest absolute Gasteiger partial charge is 0.192 e. The molecule has 3 aromatic rings. The van der Waals surface area contributed by atoms with Crippen LogP contribution in [0.25, 0.3) is 0 Å². The third kappa shape index (κ3) is 5.23. The maximum atomic E-state index is 6.15. The summed E-state index contributed by atoms with van der Waals surface area (Å²) in [6.07, 6.45) is 2.08. The molecule has 2 N–H and O–H groups in total. The number of hydrogen-bond acceptors (Lipinski definition) is 4. The fraction of sp³-hybridized carbons (Fsp3) is 0.375. The van der Waals surface area contributed by atoms with Gasteiger partial charge in [-0.25, -0.2) is 14.7 Å². The van der Waals surface area contributed by atoms with Gasteiger partial charge in [0, 0.05) is 18.7 Å². The van der Waals surface area contributed by atoms with E-state index >= 15 is 0 Å². The quantitative estimate of drug-likeness (QED) is 0.462. The van der Waals surface area contributed by atoms with E-state index < -0.39 is 0 Å². The van der Waals surface area contributed by atoms with Gasteiger partial charge in [-0.2, -0.15) is 5.10 Å². The van der Waals surface area contributed by atoms with Crippen LogP contribution in [0.5, 0.6) is 11.5 Å². The first kappa shape index (κ1) is 20.9. The second-order valence-electron chi connectivity index (χ2n) is 7.80. The van der Waals surface area contributed by atoms with Crippen LogP contribution in [0.1, 0.15) is 48.6 Å². The molecular weight excluding hydrogens is 388 g/mol. The summed E-state index contributed by atoms with van der Waals surface area (Å²) in [5.41, 5.74) is 2.20. The maximum absolute atomic E-state index is 6.15. The standard InChI is InChI=1S/C24H30N6O/c1-4-25-24(28-21-12-8-14-30-23(21)27-18(3)29-30)26-16-19-10-5-6-13-22(19)31-20-11-7-9-17(2)15-20/h5-7,9-11,13,15,21H,4,8,12,14,16H2,1-3H3,(H2,25,26,28). The molecule has 1 atom stereocenters. The Labute approximate surface area is 183 Å². The van der Waals surface area contributed by atoms with Gasteiger partial charge in [-0.05, 0) is 57.4 Å². The number of rotatable bonds is 6. The second-order valence-corrected chi connectivity index (χ2v) is 7.80. The number of hydrogen-bond donors (Lipinski definition) is 2. The van der Waals surface area contributed by atoms with Crippen molar-refractivity contribution in [2.45, 2.75) is 52.7 Å². The zero-order chi connectivity index (χ0) is 21.6. The van der Waals surface area contributed by atoms with Crippen molar-refractivity contribution in [3.8, 4) is 11.5 Å². The van der Waals surface area contributed by atoms with Crippen LogP contribution in [0.15, 0.2) is 53.5 Å². The second kappa shape index (κ2) is 9.64. The van der Waals surface area contributed by atoms with E-state index in [1.165, 1.54) is 5.56 Å². The minimum atomic E-state index is 0.103. The van der Waals surface area contributed by atoms with Gasteiger partial charge in [0.25, 0.3) is 0 Å². The van der Waals surface area contributed by atoms with Crippen LogP contribution in [0.4, 0.5) is 0 Å². The van der Waals surface area contributed by atoms with E-state index in [0.29, 0.717) is 6.54 Å². The largest absolute Gasteiger partial charge is 0.457 e. The lowest BCUT2D eigenvalue weighted by Crippen LogP contribution is -2.41. The molecule has 1 unspecified atom stereocenters. The molecule has 0 fully saturated rings. The molecule has 4 rings (SSSR count). The normalized spacial score (nSPS) is 16.0. The number of nitrogens with one attached hydrogen (secondary N) is 2. The highest BCUT2D eigenvalue weighted by molar-refractivity contribution is 5.80. The molecule has 0 saturated heterocycles. The summed E-state index contributed by atoms with van der Waals surface area (Å²) in [5.74, 6) is 4.22. The van der Waals surface area contributed by atoms with E-state index in [-0.39, 0.29) is 6.04 Å². The van der Waals surface area contributed by atoms with Gasteiger partial charge in [-0.15, -0.1) is 0 Å². The Kier molecular flexibility index (Phi) is 6.50. The van der Waals surface area contributed by atoms with E-state index in [1.54, 1.807) is 0 Å². The van der Waals surface area contributed by atoms with Crippen molar-refractivity contribution in [3.05, 3.63) is 71.3 Å². The van der Waals surface area contributed by atoms with Crippen LogP contribution in [0, 0.1) is 13.8 Å². The summed E-state index contributed by atoms with van der Waals surface area (Å²) in [7, 11) is 0. The van der Waals surface area contributed by atoms with Crippen molar-refractivity contribution in [2.24, 2.45) is 4.99 Å². The molecule has 1 aliphatic rings. The number of guanidine groups is 1. The fourth-order valence-electron chi connectivity index (χ4n) is 3.79. The molecule has 0 spiro atoms. The van der Waals surface area contributed by atoms with E-state index in [0.717, 1.165) is 60.6 Å². The maximum Gasteiger partial charge on any atom is 0.192 e. The minimum absolute atomic E-state index is 0.103. The molecule has 0 aliphatic carbocycles. The van der Waals surface area contributed by atoms with Crippen LogP contribution in [-0.2, 0) is 13.1 Å². The first-order chi connectivity index (χ1) is 15.1. The van der Waals surface area contributed by atoms with Gasteiger partial charge >= 0.3 is 0 Å². The van der Waals surface area contributed by atoms with Crippen molar-refractivity contribution in [3.63, 3.8) is 0 Å². The zero-order valence-electron chi connectivity index (χ0n) is 18.4. The van der Waals surface area contributed by atoms with E-state index in [1.807, 2.05) is 48.0 Å². The van der Waals surface area contributed by atoms with Gasteiger partial charge in [0.1, 0.15) is 23.1 Å². The van der Waals surface area contributed by atoms with E-state index in [4.69, 9.17) is 9.73 Å². The molecule has 31 heavy (non-hydrogen) atoms. The zero-order valence-corrected chi connectivity index (χ0v) is 18.4. The minimum Gasteiger partial charge on any atom is -0.457 e. The lowest BCUT2D eigenvalue weighted by Gasteiger charge is -2.25. The molecule has 0 amide bonds. The number of fused-ring (bicyclic) bond motifs is 1. The molecule has 7 heteroatoms. The molecule has 7 nitrogen and oxygen atoms in total. The van der Waals surface area contributed by atoms with E-state index in [9.17, 15) is 0 Å². The number of aliphatic imine (C=N–C) groups is 1. The van der Waals surface area contributed by atoms with Gasteiger partial charge in [-0.1, -0.05) is 30.3 Å². The predicted molar refractivity (Wildman–Crippen MR) is 122 cm³/mol. The van der Waals surface area contributed by atoms with Gasteiger partial charge in [0.2, 0.25) is 0 Å². The molecule has 0 saturated carbocycles. The molecular formula is C24H30N6O. The average Bonchev–Trinajstić information content (AvgIpc) is 3.14. The lowest BCUT2D eigenvalue weighted by atomic mass is 10.1.